The van der Waals surface area contributed by atoms with Crippen molar-refractivity contribution in [3.8, 4) is 0 Å². The molecule has 4 unspecified atom stereocenters. The fraction of sp³-hybridized carbons (Fsp3) is 0.240. The van der Waals surface area contributed by atoms with Gasteiger partial charge in [-0.1, -0.05) is 54.9 Å². The number of hydrogen-bond donors (Lipinski definition) is 1. The molecule has 1 fully saturated rings. The molecule has 184 valence electrons. The Morgan fingerprint density at radius 2 is 1.67 bits per heavy atom. The highest BCUT2D eigenvalue weighted by atomic mass is 35.5. The molecule has 4 aromatic rings. The van der Waals surface area contributed by atoms with Gasteiger partial charge < -0.3 is 19.9 Å². The van der Waals surface area contributed by atoms with Gasteiger partial charge in [-0.3, -0.25) is 4.57 Å². The number of nitrogen functional groups attached to an aromatic ring is 1. The summed E-state index contributed by atoms with van der Waals surface area (Å²) in [6.45, 7) is 1.73. The Hall–Kier alpha value is -4.02. The number of ether oxygens (including phenoxy) is 3. The van der Waals surface area contributed by atoms with Crippen molar-refractivity contribution in [3.05, 3.63) is 83.3 Å². The van der Waals surface area contributed by atoms with Crippen LogP contribution in [-0.2, 0) is 14.2 Å². The van der Waals surface area contributed by atoms with Crippen LogP contribution in [0, 0.1) is 5.92 Å². The molecular formula is C25H22ClN5O5. The van der Waals surface area contributed by atoms with Gasteiger partial charge in [-0.2, -0.15) is 9.97 Å². The van der Waals surface area contributed by atoms with Gasteiger partial charge in [-0.05, 0) is 24.3 Å². The average Bonchev–Trinajstić information content (AvgIpc) is 3.44. The molecule has 0 aliphatic carbocycles. The Kier molecular flexibility index (Phi) is 6.53. The quantitative estimate of drug-likeness (QED) is 0.306. The standard InChI is InChI=1S/C25H22ClN5O5/c1-14-19(36-24(33)16-10-6-3-7-11-16)17(12-34-23(32)15-8-4-2-5-9-15)35-22(14)31-13-28-18-20(26)29-25(27)30-21(18)31/h2-11,13-14,17,19,22H,12H2,1H3,(H2,27,29,30). The van der Waals surface area contributed by atoms with Gasteiger partial charge in [-0.15, -0.1) is 0 Å². The first-order valence-corrected chi connectivity index (χ1v) is 11.6. The molecule has 11 heteroatoms. The molecule has 5 rings (SSSR count). The number of benzene rings is 2. The summed E-state index contributed by atoms with van der Waals surface area (Å²) in [7, 11) is 0. The third-order valence-corrected chi connectivity index (χ3v) is 6.22. The molecule has 2 aromatic heterocycles. The molecule has 2 N–H and O–H groups in total. The van der Waals surface area contributed by atoms with Crippen LogP contribution < -0.4 is 5.73 Å². The lowest BCUT2D eigenvalue weighted by Gasteiger charge is -2.21. The van der Waals surface area contributed by atoms with Crippen LogP contribution in [0.15, 0.2) is 67.0 Å². The van der Waals surface area contributed by atoms with Crippen molar-refractivity contribution in [2.45, 2.75) is 25.4 Å². The lowest BCUT2D eigenvalue weighted by Crippen LogP contribution is -2.35. The number of aromatic nitrogens is 4. The van der Waals surface area contributed by atoms with Crippen molar-refractivity contribution in [1.29, 1.82) is 0 Å². The van der Waals surface area contributed by atoms with E-state index in [1.165, 1.54) is 6.33 Å². The van der Waals surface area contributed by atoms with Gasteiger partial charge in [0.05, 0.1) is 17.5 Å². The number of carbonyl (C=O) groups excluding carboxylic acids is 2. The fourth-order valence-corrected chi connectivity index (χ4v) is 4.40. The summed E-state index contributed by atoms with van der Waals surface area (Å²) < 4.78 is 19.3. The van der Waals surface area contributed by atoms with Gasteiger partial charge in [0.1, 0.15) is 30.6 Å². The maximum atomic E-state index is 12.9. The number of imidazole rings is 1. The van der Waals surface area contributed by atoms with E-state index in [9.17, 15) is 9.59 Å². The molecule has 3 heterocycles. The number of nitrogens with zero attached hydrogens (tertiary/aromatic N) is 4. The zero-order valence-corrected chi connectivity index (χ0v) is 19.9. The van der Waals surface area contributed by atoms with E-state index in [2.05, 4.69) is 15.0 Å². The lowest BCUT2D eigenvalue weighted by molar-refractivity contribution is -0.0567. The van der Waals surface area contributed by atoms with Gasteiger partial charge in [0.15, 0.2) is 10.8 Å². The van der Waals surface area contributed by atoms with E-state index >= 15 is 0 Å². The molecule has 0 bridgehead atoms. The first kappa shape index (κ1) is 23.7. The second kappa shape index (κ2) is 9.92. The van der Waals surface area contributed by atoms with Crippen molar-refractivity contribution in [2.24, 2.45) is 5.92 Å². The molecule has 0 amide bonds. The van der Waals surface area contributed by atoms with Crippen LogP contribution in [0.1, 0.15) is 33.9 Å². The highest BCUT2D eigenvalue weighted by molar-refractivity contribution is 6.33. The van der Waals surface area contributed by atoms with E-state index in [0.29, 0.717) is 22.3 Å². The third kappa shape index (κ3) is 4.60. The van der Waals surface area contributed by atoms with Gasteiger partial charge in [0.2, 0.25) is 5.95 Å². The normalized spacial score (nSPS) is 21.4. The molecule has 0 spiro atoms. The van der Waals surface area contributed by atoms with Crippen LogP contribution in [0.2, 0.25) is 5.15 Å². The summed E-state index contributed by atoms with van der Waals surface area (Å²) in [5.41, 5.74) is 7.33. The SMILES string of the molecule is CC1C(OC(=O)c2ccccc2)C(COC(=O)c2ccccc2)OC1n1cnc2c(Cl)nc(N)nc21. The molecule has 0 radical (unpaired) electrons. The van der Waals surface area contributed by atoms with Gasteiger partial charge in [0.25, 0.3) is 0 Å². The van der Waals surface area contributed by atoms with E-state index in [0.717, 1.165) is 0 Å². The van der Waals surface area contributed by atoms with Gasteiger partial charge >= 0.3 is 11.9 Å². The third-order valence-electron chi connectivity index (χ3n) is 5.96. The second-order valence-corrected chi connectivity index (χ2v) is 8.68. The zero-order valence-electron chi connectivity index (χ0n) is 19.2. The van der Waals surface area contributed by atoms with Crippen LogP contribution >= 0.6 is 11.6 Å². The van der Waals surface area contributed by atoms with Crippen LogP contribution in [0.4, 0.5) is 5.95 Å². The number of carbonyl (C=O) groups is 2. The second-order valence-electron chi connectivity index (χ2n) is 8.32. The molecule has 0 saturated carbocycles. The summed E-state index contributed by atoms with van der Waals surface area (Å²) >= 11 is 6.18. The predicted octanol–water partition coefficient (Wildman–Crippen LogP) is 3.68. The number of halogens is 1. The van der Waals surface area contributed by atoms with E-state index in [4.69, 9.17) is 31.5 Å². The topological polar surface area (TPSA) is 131 Å². The molecule has 4 atom stereocenters. The smallest absolute Gasteiger partial charge is 0.338 e. The Morgan fingerprint density at radius 1 is 1.03 bits per heavy atom. The van der Waals surface area contributed by atoms with Crippen LogP contribution in [0.25, 0.3) is 11.2 Å². The Bertz CT molecular complexity index is 1400. The maximum Gasteiger partial charge on any atom is 0.338 e. The molecule has 1 aliphatic rings. The van der Waals surface area contributed by atoms with Crippen LogP contribution in [-0.4, -0.2) is 50.3 Å². The predicted molar refractivity (Wildman–Crippen MR) is 130 cm³/mol. The number of anilines is 1. The summed E-state index contributed by atoms with van der Waals surface area (Å²) in [4.78, 5) is 37.9. The van der Waals surface area contributed by atoms with Crippen molar-refractivity contribution >= 4 is 40.7 Å². The van der Waals surface area contributed by atoms with Gasteiger partial charge in [-0.25, -0.2) is 14.6 Å². The Balaban J connectivity index is 1.42. The largest absolute Gasteiger partial charge is 0.459 e. The van der Waals surface area contributed by atoms with Crippen molar-refractivity contribution in [1.82, 2.24) is 19.5 Å². The van der Waals surface area contributed by atoms with E-state index in [1.807, 2.05) is 13.0 Å². The van der Waals surface area contributed by atoms with Crippen molar-refractivity contribution < 1.29 is 23.8 Å². The van der Waals surface area contributed by atoms with E-state index in [1.54, 1.807) is 59.2 Å². The zero-order chi connectivity index (χ0) is 25.2. The van der Waals surface area contributed by atoms with Crippen molar-refractivity contribution in [2.75, 3.05) is 12.3 Å². The van der Waals surface area contributed by atoms with Crippen molar-refractivity contribution in [3.63, 3.8) is 0 Å². The van der Waals surface area contributed by atoms with Crippen LogP contribution in [0.5, 0.6) is 0 Å². The number of esters is 2. The molecule has 1 saturated heterocycles. The molecule has 2 aromatic carbocycles. The summed E-state index contributed by atoms with van der Waals surface area (Å²) in [6.07, 6.45) is -0.634. The average molecular weight is 508 g/mol. The highest BCUT2D eigenvalue weighted by Crippen LogP contribution is 2.39. The lowest BCUT2D eigenvalue weighted by atomic mass is 10.0. The molecular weight excluding hydrogens is 486 g/mol. The molecule has 10 nitrogen and oxygen atoms in total. The van der Waals surface area contributed by atoms with Crippen LogP contribution in [0.3, 0.4) is 0 Å². The van der Waals surface area contributed by atoms with E-state index in [-0.39, 0.29) is 23.6 Å². The minimum atomic E-state index is -0.752. The molecule has 36 heavy (non-hydrogen) atoms. The minimum Gasteiger partial charge on any atom is -0.459 e. The monoisotopic (exact) mass is 507 g/mol. The number of hydrogen-bond acceptors (Lipinski definition) is 9. The highest BCUT2D eigenvalue weighted by Gasteiger charge is 2.46. The molecule has 1 aliphatic heterocycles. The summed E-state index contributed by atoms with van der Waals surface area (Å²) in [5, 5.41) is 0.113. The fourth-order valence-electron chi connectivity index (χ4n) is 4.18. The summed E-state index contributed by atoms with van der Waals surface area (Å²) in [5.74, 6) is -1.41. The first-order chi connectivity index (χ1) is 17.4. The Morgan fingerprint density at radius 3 is 2.33 bits per heavy atom. The minimum absolute atomic E-state index is 0.0136. The Labute approximate surface area is 211 Å². The van der Waals surface area contributed by atoms with Gasteiger partial charge in [0, 0.05) is 5.92 Å². The summed E-state index contributed by atoms with van der Waals surface area (Å²) in [6, 6.07) is 17.2. The van der Waals surface area contributed by atoms with E-state index < -0.39 is 30.4 Å². The first-order valence-electron chi connectivity index (χ1n) is 11.2. The number of rotatable bonds is 6. The number of fused-ring (bicyclic) bond motifs is 1. The number of nitrogens with two attached hydrogens (primary N) is 1. The maximum absolute atomic E-state index is 12.9.